The monoisotopic (exact) mass is 379 g/mol. The van der Waals surface area contributed by atoms with E-state index in [2.05, 4.69) is 11.9 Å². The largest absolute Gasteiger partial charge is 0.489 e. The number of nitrogens with one attached hydrogen (secondary N) is 1. The van der Waals surface area contributed by atoms with Crippen LogP contribution in [0, 0.1) is 5.82 Å². The standard InChI is InChI=1S/C22H18FNO2S/c1-2-11-26-19-10-6-4-8-15(19)16-12-20(25)24-21-17(13-27-22(16)21)14-7-3-5-9-18(14)23/h2-10,13,16H,1,11-12H2,(H,24,25)/t16-/m0/s1. The minimum Gasteiger partial charge on any atom is -0.489 e. The molecule has 5 heteroatoms. The van der Waals surface area contributed by atoms with Crippen LogP contribution >= 0.6 is 11.3 Å². The lowest BCUT2D eigenvalue weighted by Crippen LogP contribution is -2.23. The Kier molecular flexibility index (Phi) is 4.77. The van der Waals surface area contributed by atoms with Gasteiger partial charge in [-0.2, -0.15) is 0 Å². The summed E-state index contributed by atoms with van der Waals surface area (Å²) in [5, 5.41) is 4.86. The second-order valence-corrected chi connectivity index (χ2v) is 7.22. The lowest BCUT2D eigenvalue weighted by atomic mass is 9.88. The molecule has 0 bridgehead atoms. The van der Waals surface area contributed by atoms with Crippen LogP contribution in [0.4, 0.5) is 10.1 Å². The highest BCUT2D eigenvalue weighted by molar-refractivity contribution is 7.11. The quantitative estimate of drug-likeness (QED) is 0.587. The van der Waals surface area contributed by atoms with Gasteiger partial charge < -0.3 is 10.1 Å². The van der Waals surface area contributed by atoms with Crippen LogP contribution in [0.5, 0.6) is 5.75 Å². The Labute approximate surface area is 161 Å². The molecular formula is C22H18FNO2S. The Morgan fingerprint density at radius 3 is 2.78 bits per heavy atom. The molecule has 0 radical (unpaired) electrons. The number of hydrogen-bond acceptors (Lipinski definition) is 3. The van der Waals surface area contributed by atoms with Gasteiger partial charge in [-0.05, 0) is 12.1 Å². The van der Waals surface area contributed by atoms with E-state index in [4.69, 9.17) is 4.74 Å². The molecular weight excluding hydrogens is 361 g/mol. The van der Waals surface area contributed by atoms with E-state index in [1.807, 2.05) is 29.6 Å². The number of ether oxygens (including phenoxy) is 1. The number of para-hydroxylation sites is 1. The zero-order valence-corrected chi connectivity index (χ0v) is 15.4. The molecule has 0 spiro atoms. The average molecular weight is 379 g/mol. The molecule has 1 aromatic heterocycles. The number of anilines is 1. The SMILES string of the molecule is C=CCOc1ccccc1[C@@H]1CC(=O)Nc2c(-c3ccccc3F)csc21. The number of carbonyl (C=O) groups excluding carboxylic acids is 1. The summed E-state index contributed by atoms with van der Waals surface area (Å²) in [5.74, 6) is 0.232. The number of hydrogen-bond donors (Lipinski definition) is 1. The Bertz CT molecular complexity index is 1010. The van der Waals surface area contributed by atoms with Gasteiger partial charge in [0.05, 0.1) is 5.69 Å². The second kappa shape index (κ2) is 7.37. The molecule has 0 aliphatic carbocycles. The van der Waals surface area contributed by atoms with Gasteiger partial charge in [0, 0.05) is 39.3 Å². The molecule has 1 atom stereocenters. The Hall–Kier alpha value is -2.92. The molecule has 4 rings (SSSR count). The van der Waals surface area contributed by atoms with E-state index < -0.39 is 0 Å². The van der Waals surface area contributed by atoms with Crippen LogP contribution in [0.2, 0.25) is 0 Å². The lowest BCUT2D eigenvalue weighted by Gasteiger charge is -2.25. The minimum absolute atomic E-state index is 0.0815. The predicted octanol–water partition coefficient (Wildman–Crippen LogP) is 5.59. The van der Waals surface area contributed by atoms with Crippen LogP contribution in [0.15, 0.2) is 66.6 Å². The fourth-order valence-electron chi connectivity index (χ4n) is 3.40. The summed E-state index contributed by atoms with van der Waals surface area (Å²) < 4.78 is 20.1. The van der Waals surface area contributed by atoms with E-state index in [0.29, 0.717) is 24.3 Å². The number of fused-ring (bicyclic) bond motifs is 1. The van der Waals surface area contributed by atoms with Gasteiger partial charge in [-0.1, -0.05) is 49.1 Å². The topological polar surface area (TPSA) is 38.3 Å². The number of amides is 1. The summed E-state index contributed by atoms with van der Waals surface area (Å²) in [6.07, 6.45) is 2.02. The van der Waals surface area contributed by atoms with Crippen LogP contribution in [0.1, 0.15) is 22.8 Å². The third-order valence-corrected chi connectivity index (χ3v) is 5.70. The summed E-state index contributed by atoms with van der Waals surface area (Å²) >= 11 is 1.54. The normalized spacial score (nSPS) is 15.7. The van der Waals surface area contributed by atoms with Gasteiger partial charge in [0.2, 0.25) is 5.91 Å². The lowest BCUT2D eigenvalue weighted by molar-refractivity contribution is -0.116. The first-order valence-electron chi connectivity index (χ1n) is 8.67. The van der Waals surface area contributed by atoms with Crippen molar-refractivity contribution in [3.8, 4) is 16.9 Å². The fraction of sp³-hybridized carbons (Fsp3) is 0.136. The molecule has 2 heterocycles. The number of carbonyl (C=O) groups is 1. The maximum absolute atomic E-state index is 14.3. The van der Waals surface area contributed by atoms with Crippen LogP contribution in [0.3, 0.4) is 0 Å². The van der Waals surface area contributed by atoms with Crippen molar-refractivity contribution >= 4 is 22.9 Å². The van der Waals surface area contributed by atoms with Crippen molar-refractivity contribution < 1.29 is 13.9 Å². The van der Waals surface area contributed by atoms with Gasteiger partial charge in [-0.3, -0.25) is 4.79 Å². The average Bonchev–Trinajstić information content (AvgIpc) is 3.10. The van der Waals surface area contributed by atoms with Gasteiger partial charge in [-0.25, -0.2) is 4.39 Å². The molecule has 0 saturated heterocycles. The van der Waals surface area contributed by atoms with Gasteiger partial charge in [0.15, 0.2) is 0 Å². The number of halogens is 1. The van der Waals surface area contributed by atoms with E-state index in [0.717, 1.165) is 21.8 Å². The molecule has 2 aromatic carbocycles. The van der Waals surface area contributed by atoms with E-state index >= 15 is 0 Å². The molecule has 3 nitrogen and oxygen atoms in total. The van der Waals surface area contributed by atoms with Gasteiger partial charge >= 0.3 is 0 Å². The van der Waals surface area contributed by atoms with E-state index in [1.165, 1.54) is 17.4 Å². The highest BCUT2D eigenvalue weighted by atomic mass is 32.1. The first-order valence-corrected chi connectivity index (χ1v) is 9.55. The van der Waals surface area contributed by atoms with Crippen molar-refractivity contribution in [1.29, 1.82) is 0 Å². The summed E-state index contributed by atoms with van der Waals surface area (Å²) in [7, 11) is 0. The Balaban J connectivity index is 1.81. The number of thiophene rings is 1. The smallest absolute Gasteiger partial charge is 0.225 e. The third-order valence-electron chi connectivity index (χ3n) is 4.61. The van der Waals surface area contributed by atoms with E-state index in [1.54, 1.807) is 24.3 Å². The molecule has 0 fully saturated rings. The van der Waals surface area contributed by atoms with E-state index in [9.17, 15) is 9.18 Å². The first kappa shape index (κ1) is 17.5. The maximum Gasteiger partial charge on any atom is 0.225 e. The summed E-state index contributed by atoms with van der Waals surface area (Å²) in [5.41, 5.74) is 2.87. The Morgan fingerprint density at radius 1 is 1.19 bits per heavy atom. The van der Waals surface area contributed by atoms with Crippen molar-refractivity contribution in [2.75, 3.05) is 11.9 Å². The van der Waals surface area contributed by atoms with Gasteiger partial charge in [0.1, 0.15) is 18.2 Å². The third kappa shape index (κ3) is 3.26. The van der Waals surface area contributed by atoms with Crippen LogP contribution in [-0.2, 0) is 4.79 Å². The Morgan fingerprint density at radius 2 is 1.96 bits per heavy atom. The maximum atomic E-state index is 14.3. The highest BCUT2D eigenvalue weighted by Gasteiger charge is 2.32. The summed E-state index contributed by atoms with van der Waals surface area (Å²) in [4.78, 5) is 13.5. The first-order chi connectivity index (χ1) is 13.2. The molecule has 3 aromatic rings. The zero-order chi connectivity index (χ0) is 18.8. The molecule has 0 saturated carbocycles. The minimum atomic E-state index is -0.302. The summed E-state index contributed by atoms with van der Waals surface area (Å²) in [6.45, 7) is 4.09. The molecule has 1 amide bonds. The zero-order valence-electron chi connectivity index (χ0n) is 14.6. The van der Waals surface area contributed by atoms with Crippen molar-refractivity contribution in [2.24, 2.45) is 0 Å². The van der Waals surface area contributed by atoms with Crippen LogP contribution in [0.25, 0.3) is 11.1 Å². The molecule has 1 aliphatic rings. The predicted molar refractivity (Wildman–Crippen MR) is 107 cm³/mol. The molecule has 1 N–H and O–H groups in total. The van der Waals surface area contributed by atoms with Gasteiger partial charge in [0.25, 0.3) is 0 Å². The molecule has 0 unspecified atom stereocenters. The number of benzene rings is 2. The molecule has 1 aliphatic heterocycles. The second-order valence-electron chi connectivity index (χ2n) is 6.31. The summed E-state index contributed by atoms with van der Waals surface area (Å²) in [6, 6.07) is 14.3. The van der Waals surface area contributed by atoms with Crippen LogP contribution < -0.4 is 10.1 Å². The van der Waals surface area contributed by atoms with Crippen LogP contribution in [-0.4, -0.2) is 12.5 Å². The van der Waals surface area contributed by atoms with Crippen molar-refractivity contribution in [2.45, 2.75) is 12.3 Å². The fourth-order valence-corrected chi connectivity index (χ4v) is 4.55. The van der Waals surface area contributed by atoms with Crippen molar-refractivity contribution in [3.63, 3.8) is 0 Å². The molecule has 27 heavy (non-hydrogen) atoms. The van der Waals surface area contributed by atoms with E-state index in [-0.39, 0.29) is 17.6 Å². The van der Waals surface area contributed by atoms with Crippen molar-refractivity contribution in [1.82, 2.24) is 0 Å². The van der Waals surface area contributed by atoms with Crippen molar-refractivity contribution in [3.05, 3.63) is 82.8 Å². The molecule has 136 valence electrons. The highest BCUT2D eigenvalue weighted by Crippen LogP contribution is 2.48. The van der Waals surface area contributed by atoms with Gasteiger partial charge in [-0.15, -0.1) is 11.3 Å². The number of rotatable bonds is 5.